The normalized spacial score (nSPS) is 24.4. The molecule has 1 N–H and O–H groups in total. The number of rotatable bonds is 4. The summed E-state index contributed by atoms with van der Waals surface area (Å²) in [6.45, 7) is 7.70. The van der Waals surface area contributed by atoms with Crippen LogP contribution in [0, 0.1) is 11.7 Å². The number of likely N-dealkylation sites (tertiary alicyclic amines) is 1. The maximum atomic E-state index is 13.1. The monoisotopic (exact) mass is 301 g/mol. The van der Waals surface area contributed by atoms with Crippen molar-refractivity contribution in [2.24, 2.45) is 5.92 Å². The fourth-order valence-electron chi connectivity index (χ4n) is 2.39. The predicted octanol–water partition coefficient (Wildman–Crippen LogP) is 1.23. The van der Waals surface area contributed by atoms with Crippen molar-refractivity contribution in [1.82, 2.24) is 14.6 Å². The van der Waals surface area contributed by atoms with Crippen molar-refractivity contribution in [2.45, 2.75) is 37.8 Å². The molecule has 5 nitrogen and oxygen atoms in total. The lowest BCUT2D eigenvalue weighted by Crippen LogP contribution is -2.40. The average molecular weight is 301 g/mol. The minimum absolute atomic E-state index is 0.132. The Kier molecular flexibility index (Phi) is 4.41. The number of nitrogens with zero attached hydrogens (tertiary/aromatic N) is 2. The molecule has 0 amide bonds. The highest BCUT2D eigenvalue weighted by molar-refractivity contribution is 7.89. The highest BCUT2D eigenvalue weighted by Gasteiger charge is 2.34. The van der Waals surface area contributed by atoms with Crippen LogP contribution in [0.15, 0.2) is 23.4 Å². The largest absolute Gasteiger partial charge is 0.299 e. The van der Waals surface area contributed by atoms with E-state index >= 15 is 0 Å². The summed E-state index contributed by atoms with van der Waals surface area (Å²) in [5.41, 5.74) is 0. The van der Waals surface area contributed by atoms with Crippen LogP contribution in [0.4, 0.5) is 4.39 Å². The van der Waals surface area contributed by atoms with Crippen LogP contribution in [0.2, 0.25) is 0 Å². The van der Waals surface area contributed by atoms with Gasteiger partial charge in [0.25, 0.3) is 0 Å². The minimum atomic E-state index is -3.73. The van der Waals surface area contributed by atoms with Gasteiger partial charge in [-0.3, -0.25) is 9.88 Å². The van der Waals surface area contributed by atoms with Crippen LogP contribution < -0.4 is 4.72 Å². The summed E-state index contributed by atoms with van der Waals surface area (Å²) in [5.74, 6) is -0.440. The Bertz CT molecular complexity index is 577. The van der Waals surface area contributed by atoms with E-state index in [9.17, 15) is 12.8 Å². The Morgan fingerprint density at radius 2 is 2.10 bits per heavy atom. The van der Waals surface area contributed by atoms with Crippen LogP contribution in [0.3, 0.4) is 0 Å². The standard InChI is InChI=1S/C13H20FN3O2S/c1-9(2)17-7-10(3)13(8-17)16-20(18,19)12-4-11(14)5-15-6-12/h4-6,9-10,13,16H,7-8H2,1-3H3/t10-,13-/m0/s1. The molecule has 20 heavy (non-hydrogen) atoms. The molecule has 7 heteroatoms. The van der Waals surface area contributed by atoms with Crippen LogP contribution in [0.1, 0.15) is 20.8 Å². The van der Waals surface area contributed by atoms with E-state index in [4.69, 9.17) is 0 Å². The summed E-state index contributed by atoms with van der Waals surface area (Å²) in [7, 11) is -3.73. The third kappa shape index (κ3) is 3.34. The molecular weight excluding hydrogens is 281 g/mol. The van der Waals surface area contributed by atoms with E-state index < -0.39 is 15.8 Å². The lowest BCUT2D eigenvalue weighted by molar-refractivity contribution is 0.265. The van der Waals surface area contributed by atoms with Crippen molar-refractivity contribution in [3.05, 3.63) is 24.3 Å². The molecule has 0 bridgehead atoms. The number of hydrogen-bond donors (Lipinski definition) is 1. The minimum Gasteiger partial charge on any atom is -0.299 e. The first kappa shape index (κ1) is 15.3. The first-order chi connectivity index (χ1) is 9.29. The smallest absolute Gasteiger partial charge is 0.242 e. The second kappa shape index (κ2) is 5.75. The summed E-state index contributed by atoms with van der Waals surface area (Å²) >= 11 is 0. The number of pyridine rings is 1. The molecule has 1 saturated heterocycles. The SMILES string of the molecule is CC(C)N1C[C@H](NS(=O)(=O)c2cncc(F)c2)[C@@H](C)C1. The molecule has 1 aromatic rings. The van der Waals surface area contributed by atoms with Crippen molar-refractivity contribution in [1.29, 1.82) is 0 Å². The van der Waals surface area contributed by atoms with Gasteiger partial charge in [-0.2, -0.15) is 0 Å². The number of aromatic nitrogens is 1. The highest BCUT2D eigenvalue weighted by Crippen LogP contribution is 2.20. The number of halogens is 1. The molecule has 112 valence electrons. The molecule has 2 heterocycles. The van der Waals surface area contributed by atoms with Gasteiger partial charge < -0.3 is 0 Å². The fourth-order valence-corrected chi connectivity index (χ4v) is 3.69. The number of sulfonamides is 1. The quantitative estimate of drug-likeness (QED) is 0.908. The van der Waals surface area contributed by atoms with Gasteiger partial charge in [0, 0.05) is 31.4 Å². The van der Waals surface area contributed by atoms with Crippen LogP contribution >= 0.6 is 0 Å². The Morgan fingerprint density at radius 1 is 1.40 bits per heavy atom. The third-order valence-corrected chi connectivity index (χ3v) is 5.12. The second-order valence-electron chi connectivity index (χ2n) is 5.59. The van der Waals surface area contributed by atoms with Gasteiger partial charge in [-0.1, -0.05) is 6.92 Å². The lowest BCUT2D eigenvalue weighted by atomic mass is 10.1. The fraction of sp³-hybridized carbons (Fsp3) is 0.615. The molecule has 0 saturated carbocycles. The van der Waals surface area contributed by atoms with E-state index in [2.05, 4.69) is 28.5 Å². The van der Waals surface area contributed by atoms with Crippen LogP contribution in [0.5, 0.6) is 0 Å². The van der Waals surface area contributed by atoms with Crippen LogP contribution in [0.25, 0.3) is 0 Å². The van der Waals surface area contributed by atoms with E-state index in [0.29, 0.717) is 12.6 Å². The molecule has 1 fully saturated rings. The molecule has 2 rings (SSSR count). The molecule has 1 aliphatic heterocycles. The van der Waals surface area contributed by atoms with Gasteiger partial charge >= 0.3 is 0 Å². The summed E-state index contributed by atoms with van der Waals surface area (Å²) < 4.78 is 40.2. The zero-order valence-electron chi connectivity index (χ0n) is 11.9. The molecule has 2 atom stereocenters. The Labute approximate surface area is 119 Å². The Morgan fingerprint density at radius 3 is 2.65 bits per heavy atom. The summed E-state index contributed by atoms with van der Waals surface area (Å²) in [6.07, 6.45) is 2.14. The van der Waals surface area contributed by atoms with Gasteiger partial charge in [-0.25, -0.2) is 17.5 Å². The molecule has 0 aromatic carbocycles. The maximum Gasteiger partial charge on any atom is 0.242 e. The molecule has 0 aliphatic carbocycles. The average Bonchev–Trinajstić information content (AvgIpc) is 2.70. The van der Waals surface area contributed by atoms with E-state index in [1.807, 2.05) is 6.92 Å². The Hall–Kier alpha value is -1.05. The van der Waals surface area contributed by atoms with Gasteiger partial charge in [0.05, 0.1) is 6.20 Å². The molecule has 0 unspecified atom stereocenters. The van der Waals surface area contributed by atoms with Crippen molar-refractivity contribution in [3.8, 4) is 0 Å². The van der Waals surface area contributed by atoms with E-state index in [1.54, 1.807) is 0 Å². The van der Waals surface area contributed by atoms with Crippen molar-refractivity contribution in [3.63, 3.8) is 0 Å². The first-order valence-corrected chi connectivity index (χ1v) is 8.15. The van der Waals surface area contributed by atoms with E-state index in [-0.39, 0.29) is 16.9 Å². The van der Waals surface area contributed by atoms with E-state index in [1.165, 1.54) is 0 Å². The number of nitrogens with one attached hydrogen (secondary N) is 1. The van der Waals surface area contributed by atoms with Crippen molar-refractivity contribution >= 4 is 10.0 Å². The van der Waals surface area contributed by atoms with E-state index in [0.717, 1.165) is 25.0 Å². The molecule has 1 aromatic heterocycles. The lowest BCUT2D eigenvalue weighted by Gasteiger charge is -2.20. The zero-order valence-corrected chi connectivity index (χ0v) is 12.7. The summed E-state index contributed by atoms with van der Waals surface area (Å²) in [6, 6.07) is 1.20. The van der Waals surface area contributed by atoms with Crippen LogP contribution in [-0.2, 0) is 10.0 Å². The van der Waals surface area contributed by atoms with Gasteiger partial charge in [0.2, 0.25) is 10.0 Å². The summed E-state index contributed by atoms with van der Waals surface area (Å²) in [5, 5.41) is 0. The maximum absolute atomic E-state index is 13.1. The van der Waals surface area contributed by atoms with Gasteiger partial charge in [-0.15, -0.1) is 0 Å². The van der Waals surface area contributed by atoms with Crippen molar-refractivity contribution < 1.29 is 12.8 Å². The summed E-state index contributed by atoms with van der Waals surface area (Å²) in [4.78, 5) is 5.67. The third-order valence-electron chi connectivity index (χ3n) is 3.67. The zero-order chi connectivity index (χ0) is 14.9. The van der Waals surface area contributed by atoms with Gasteiger partial charge in [-0.05, 0) is 25.8 Å². The highest BCUT2D eigenvalue weighted by atomic mass is 32.2. The van der Waals surface area contributed by atoms with Crippen LogP contribution in [-0.4, -0.2) is 43.5 Å². The predicted molar refractivity (Wildman–Crippen MR) is 74.2 cm³/mol. The topological polar surface area (TPSA) is 62.3 Å². The second-order valence-corrected chi connectivity index (χ2v) is 7.31. The molecule has 1 aliphatic rings. The first-order valence-electron chi connectivity index (χ1n) is 6.66. The number of hydrogen-bond acceptors (Lipinski definition) is 4. The van der Waals surface area contributed by atoms with Gasteiger partial charge in [0.15, 0.2) is 0 Å². The molecule has 0 radical (unpaired) electrons. The molecular formula is C13H20FN3O2S. The molecule has 0 spiro atoms. The van der Waals surface area contributed by atoms with Crippen molar-refractivity contribution in [2.75, 3.05) is 13.1 Å². The van der Waals surface area contributed by atoms with Gasteiger partial charge in [0.1, 0.15) is 10.7 Å². The Balaban J connectivity index is 2.13.